The number of allylic oxidation sites excluding steroid dienone is 1. The molecule has 0 radical (unpaired) electrons. The van der Waals surface area contributed by atoms with E-state index in [1.165, 1.54) is 0 Å². The average molecular weight is 397 g/mol. The summed E-state index contributed by atoms with van der Waals surface area (Å²) < 4.78 is 21.4. The molecule has 6 nitrogen and oxygen atoms in total. The Morgan fingerprint density at radius 1 is 0.966 bits per heavy atom. The molecule has 1 heterocycles. The van der Waals surface area contributed by atoms with Crippen molar-refractivity contribution >= 4 is 11.9 Å². The molecule has 2 aromatic carbocycles. The average Bonchev–Trinajstić information content (AvgIpc) is 2.77. The van der Waals surface area contributed by atoms with Crippen LogP contribution in [0.5, 0.6) is 17.2 Å². The second-order valence-corrected chi connectivity index (χ2v) is 6.73. The molecule has 0 unspecified atom stereocenters. The fourth-order valence-corrected chi connectivity index (χ4v) is 3.28. The SMILES string of the molecule is COc1ccc(C(=O)/C=C/c2ccc(OC)c(OC)c2)cc1CN1CCOCC1. The minimum atomic E-state index is -0.0642. The number of carbonyl (C=O) groups excluding carboxylic acids is 1. The van der Waals surface area contributed by atoms with Crippen LogP contribution in [0, 0.1) is 0 Å². The summed E-state index contributed by atoms with van der Waals surface area (Å²) in [6.45, 7) is 3.94. The van der Waals surface area contributed by atoms with Gasteiger partial charge in [-0.25, -0.2) is 0 Å². The fraction of sp³-hybridized carbons (Fsp3) is 0.348. The van der Waals surface area contributed by atoms with E-state index in [1.807, 2.05) is 30.3 Å². The lowest BCUT2D eigenvalue weighted by Gasteiger charge is -2.27. The van der Waals surface area contributed by atoms with E-state index in [0.717, 1.165) is 49.7 Å². The quantitative estimate of drug-likeness (QED) is 0.502. The zero-order valence-electron chi connectivity index (χ0n) is 17.1. The maximum atomic E-state index is 12.7. The van der Waals surface area contributed by atoms with Crippen LogP contribution in [0.1, 0.15) is 21.5 Å². The lowest BCUT2D eigenvalue weighted by atomic mass is 10.0. The third-order valence-electron chi connectivity index (χ3n) is 4.90. The van der Waals surface area contributed by atoms with Gasteiger partial charge in [-0.05, 0) is 42.0 Å². The molecule has 0 bridgehead atoms. The third kappa shape index (κ3) is 5.37. The minimum absolute atomic E-state index is 0.0642. The molecule has 0 aromatic heterocycles. The largest absolute Gasteiger partial charge is 0.496 e. The second-order valence-electron chi connectivity index (χ2n) is 6.73. The van der Waals surface area contributed by atoms with Crippen molar-refractivity contribution in [3.05, 3.63) is 59.2 Å². The first-order valence-corrected chi connectivity index (χ1v) is 9.56. The first-order chi connectivity index (χ1) is 14.1. The molecule has 1 aliphatic heterocycles. The number of carbonyl (C=O) groups is 1. The normalized spacial score (nSPS) is 14.7. The number of rotatable bonds is 8. The summed E-state index contributed by atoms with van der Waals surface area (Å²) in [7, 11) is 4.83. The van der Waals surface area contributed by atoms with Gasteiger partial charge in [-0.1, -0.05) is 12.1 Å². The summed E-state index contributed by atoms with van der Waals surface area (Å²) in [5.41, 5.74) is 2.49. The zero-order chi connectivity index (χ0) is 20.6. The molecule has 154 valence electrons. The molecule has 1 aliphatic rings. The summed E-state index contributed by atoms with van der Waals surface area (Å²) in [4.78, 5) is 15.0. The number of hydrogen-bond donors (Lipinski definition) is 0. The molecule has 0 atom stereocenters. The standard InChI is InChI=1S/C23H27NO5/c1-26-21-9-6-18(15-19(21)16-24-10-12-29-13-11-24)20(25)7-4-17-5-8-22(27-2)23(14-17)28-3/h4-9,14-15H,10-13,16H2,1-3H3/b7-4+. The number of methoxy groups -OCH3 is 3. The van der Waals surface area contributed by atoms with Gasteiger partial charge in [-0.15, -0.1) is 0 Å². The van der Waals surface area contributed by atoms with Gasteiger partial charge in [0.25, 0.3) is 0 Å². The van der Waals surface area contributed by atoms with Crippen molar-refractivity contribution in [2.45, 2.75) is 6.54 Å². The van der Waals surface area contributed by atoms with Crippen molar-refractivity contribution in [1.29, 1.82) is 0 Å². The Morgan fingerprint density at radius 2 is 1.66 bits per heavy atom. The van der Waals surface area contributed by atoms with E-state index >= 15 is 0 Å². The molecule has 1 fully saturated rings. The van der Waals surface area contributed by atoms with Crippen LogP contribution in [-0.2, 0) is 11.3 Å². The molecule has 6 heteroatoms. The van der Waals surface area contributed by atoms with E-state index in [0.29, 0.717) is 17.1 Å². The van der Waals surface area contributed by atoms with E-state index in [4.69, 9.17) is 18.9 Å². The van der Waals surface area contributed by atoms with Crippen LogP contribution in [0.25, 0.3) is 6.08 Å². The van der Waals surface area contributed by atoms with Gasteiger partial charge in [0.1, 0.15) is 5.75 Å². The number of benzene rings is 2. The number of hydrogen-bond acceptors (Lipinski definition) is 6. The molecule has 2 aromatic rings. The predicted molar refractivity (Wildman–Crippen MR) is 112 cm³/mol. The van der Waals surface area contributed by atoms with Crippen molar-refractivity contribution in [3.8, 4) is 17.2 Å². The highest BCUT2D eigenvalue weighted by Gasteiger charge is 2.15. The van der Waals surface area contributed by atoms with Crippen LogP contribution in [-0.4, -0.2) is 58.3 Å². The van der Waals surface area contributed by atoms with Crippen molar-refractivity contribution < 1.29 is 23.7 Å². The van der Waals surface area contributed by atoms with Crippen LogP contribution < -0.4 is 14.2 Å². The van der Waals surface area contributed by atoms with Crippen LogP contribution in [0.2, 0.25) is 0 Å². The molecule has 0 N–H and O–H groups in total. The van der Waals surface area contributed by atoms with Gasteiger partial charge in [-0.3, -0.25) is 9.69 Å². The lowest BCUT2D eigenvalue weighted by Crippen LogP contribution is -2.35. The molecule has 0 aliphatic carbocycles. The van der Waals surface area contributed by atoms with E-state index < -0.39 is 0 Å². The Balaban J connectivity index is 1.76. The van der Waals surface area contributed by atoms with Gasteiger partial charge in [0.05, 0.1) is 34.5 Å². The molecule has 3 rings (SSSR count). The van der Waals surface area contributed by atoms with Crippen molar-refractivity contribution in [1.82, 2.24) is 4.90 Å². The van der Waals surface area contributed by atoms with E-state index in [1.54, 1.807) is 39.5 Å². The summed E-state index contributed by atoms with van der Waals surface area (Å²) in [6, 6.07) is 11.1. The Bertz CT molecular complexity index is 872. The molecule has 0 amide bonds. The number of morpholine rings is 1. The third-order valence-corrected chi connectivity index (χ3v) is 4.90. The number of ketones is 1. The molecular formula is C23H27NO5. The monoisotopic (exact) mass is 397 g/mol. The molecule has 0 saturated carbocycles. The topological polar surface area (TPSA) is 57.2 Å². The molecule has 0 spiro atoms. The highest BCUT2D eigenvalue weighted by Crippen LogP contribution is 2.28. The lowest BCUT2D eigenvalue weighted by molar-refractivity contribution is 0.0338. The Morgan fingerprint density at radius 3 is 2.34 bits per heavy atom. The molecular weight excluding hydrogens is 370 g/mol. The van der Waals surface area contributed by atoms with Crippen molar-refractivity contribution in [2.24, 2.45) is 0 Å². The summed E-state index contributed by atoms with van der Waals surface area (Å²) in [5.74, 6) is 2.00. The highest BCUT2D eigenvalue weighted by molar-refractivity contribution is 6.07. The zero-order valence-corrected chi connectivity index (χ0v) is 17.1. The Kier molecular flexibility index (Phi) is 7.27. The van der Waals surface area contributed by atoms with Gasteiger partial charge in [0, 0.05) is 30.8 Å². The molecule has 29 heavy (non-hydrogen) atoms. The smallest absolute Gasteiger partial charge is 0.185 e. The van der Waals surface area contributed by atoms with Gasteiger partial charge in [-0.2, -0.15) is 0 Å². The predicted octanol–water partition coefficient (Wildman–Crippen LogP) is 3.44. The first kappa shape index (κ1) is 20.9. The van der Waals surface area contributed by atoms with Crippen LogP contribution in [0.4, 0.5) is 0 Å². The van der Waals surface area contributed by atoms with E-state index in [2.05, 4.69) is 4.90 Å². The molecule has 1 saturated heterocycles. The number of ether oxygens (including phenoxy) is 4. The summed E-state index contributed by atoms with van der Waals surface area (Å²) in [6.07, 6.45) is 3.34. The van der Waals surface area contributed by atoms with Crippen molar-refractivity contribution in [3.63, 3.8) is 0 Å². The van der Waals surface area contributed by atoms with E-state index in [9.17, 15) is 4.79 Å². The van der Waals surface area contributed by atoms with Gasteiger partial charge in [0.15, 0.2) is 17.3 Å². The Labute approximate surface area is 171 Å². The Hall–Kier alpha value is -2.83. The number of nitrogens with zero attached hydrogens (tertiary/aromatic N) is 1. The van der Waals surface area contributed by atoms with Gasteiger partial charge >= 0.3 is 0 Å². The second kappa shape index (κ2) is 10.1. The first-order valence-electron chi connectivity index (χ1n) is 9.56. The van der Waals surface area contributed by atoms with Gasteiger partial charge < -0.3 is 18.9 Å². The maximum absolute atomic E-state index is 12.7. The fourth-order valence-electron chi connectivity index (χ4n) is 3.28. The summed E-state index contributed by atoms with van der Waals surface area (Å²) >= 11 is 0. The van der Waals surface area contributed by atoms with Crippen LogP contribution in [0.3, 0.4) is 0 Å². The van der Waals surface area contributed by atoms with Crippen LogP contribution >= 0.6 is 0 Å². The van der Waals surface area contributed by atoms with Gasteiger partial charge in [0.2, 0.25) is 0 Å². The van der Waals surface area contributed by atoms with E-state index in [-0.39, 0.29) is 5.78 Å². The van der Waals surface area contributed by atoms with Crippen molar-refractivity contribution in [2.75, 3.05) is 47.6 Å². The maximum Gasteiger partial charge on any atom is 0.185 e. The van der Waals surface area contributed by atoms with Crippen LogP contribution in [0.15, 0.2) is 42.5 Å². The minimum Gasteiger partial charge on any atom is -0.496 e. The summed E-state index contributed by atoms with van der Waals surface area (Å²) in [5, 5.41) is 0. The highest BCUT2D eigenvalue weighted by atomic mass is 16.5.